The van der Waals surface area contributed by atoms with Crippen LogP contribution in [0.1, 0.15) is 24.3 Å². The number of ether oxygens (including phenoxy) is 1. The van der Waals surface area contributed by atoms with Gasteiger partial charge in [0.15, 0.2) is 6.29 Å². The van der Waals surface area contributed by atoms with Crippen LogP contribution in [-0.2, 0) is 4.74 Å². The summed E-state index contributed by atoms with van der Waals surface area (Å²) in [6.45, 7) is 3.91. The Morgan fingerprint density at radius 3 is 2.88 bits per heavy atom. The Hall–Kier alpha value is -2.77. The molecule has 0 spiro atoms. The first-order valence-electron chi connectivity index (χ1n) is 7.52. The maximum Gasteiger partial charge on any atom is 0.332 e. The summed E-state index contributed by atoms with van der Waals surface area (Å²) in [6.07, 6.45) is 1.59. The van der Waals surface area contributed by atoms with Gasteiger partial charge in [-0.1, -0.05) is 6.07 Å². The zero-order valence-corrected chi connectivity index (χ0v) is 13.3. The van der Waals surface area contributed by atoms with E-state index in [1.807, 2.05) is 19.1 Å². The standard InChI is InChI=1S/C17H17N3O4/c1-3-24-16(22)13-9-20(17(23)19-15(13)21)11-4-5-12-10(2)6-7-18-14(12)8-11/h4-9,16,22H,3H2,1-2H3,(H,19,21,23). The molecule has 0 saturated carbocycles. The maximum atomic E-state index is 12.1. The number of aryl methyl sites for hydroxylation is 1. The molecule has 0 bridgehead atoms. The zero-order chi connectivity index (χ0) is 17.3. The summed E-state index contributed by atoms with van der Waals surface area (Å²) in [5, 5.41) is 10.9. The molecule has 7 heteroatoms. The molecule has 3 aromatic rings. The van der Waals surface area contributed by atoms with Crippen LogP contribution in [0.15, 0.2) is 46.2 Å². The minimum absolute atomic E-state index is 0.0336. The van der Waals surface area contributed by atoms with E-state index in [1.54, 1.807) is 25.3 Å². The smallest absolute Gasteiger partial charge is 0.332 e. The third-order valence-corrected chi connectivity index (χ3v) is 3.78. The Balaban J connectivity index is 2.17. The molecular formula is C17H17N3O4. The van der Waals surface area contributed by atoms with Crippen molar-refractivity contribution in [2.45, 2.75) is 20.1 Å². The number of nitrogens with zero attached hydrogens (tertiary/aromatic N) is 2. The molecule has 0 aliphatic carbocycles. The normalized spacial score (nSPS) is 12.5. The van der Waals surface area contributed by atoms with Crippen molar-refractivity contribution in [1.29, 1.82) is 0 Å². The van der Waals surface area contributed by atoms with Crippen molar-refractivity contribution >= 4 is 10.9 Å². The lowest BCUT2D eigenvalue weighted by atomic mass is 10.1. The van der Waals surface area contributed by atoms with E-state index in [9.17, 15) is 14.7 Å². The zero-order valence-electron chi connectivity index (χ0n) is 13.3. The van der Waals surface area contributed by atoms with Crippen LogP contribution < -0.4 is 11.2 Å². The van der Waals surface area contributed by atoms with E-state index < -0.39 is 17.5 Å². The summed E-state index contributed by atoms with van der Waals surface area (Å²) in [5.41, 5.74) is 1.04. The number of aromatic amines is 1. The van der Waals surface area contributed by atoms with E-state index in [2.05, 4.69) is 9.97 Å². The molecule has 24 heavy (non-hydrogen) atoms. The van der Waals surface area contributed by atoms with E-state index in [1.165, 1.54) is 10.8 Å². The number of aliphatic hydroxyl groups is 1. The number of H-pyrrole nitrogens is 1. The molecule has 0 radical (unpaired) electrons. The van der Waals surface area contributed by atoms with E-state index in [0.29, 0.717) is 5.69 Å². The first kappa shape index (κ1) is 16.1. The lowest BCUT2D eigenvalue weighted by Gasteiger charge is -2.13. The number of fused-ring (bicyclic) bond motifs is 1. The van der Waals surface area contributed by atoms with Gasteiger partial charge in [-0.05, 0) is 37.6 Å². The van der Waals surface area contributed by atoms with Gasteiger partial charge in [0, 0.05) is 24.4 Å². The van der Waals surface area contributed by atoms with Gasteiger partial charge in [0.2, 0.25) is 0 Å². The lowest BCUT2D eigenvalue weighted by molar-refractivity contribution is -0.0991. The summed E-state index contributed by atoms with van der Waals surface area (Å²) in [4.78, 5) is 30.5. The molecule has 7 nitrogen and oxygen atoms in total. The largest absolute Gasteiger partial charge is 0.364 e. The number of rotatable bonds is 4. The molecule has 0 aliphatic heterocycles. The number of nitrogens with one attached hydrogen (secondary N) is 1. The van der Waals surface area contributed by atoms with Crippen LogP contribution in [-0.4, -0.2) is 26.2 Å². The van der Waals surface area contributed by atoms with Crippen LogP contribution in [0.2, 0.25) is 0 Å². The van der Waals surface area contributed by atoms with E-state index in [0.717, 1.165) is 16.5 Å². The average molecular weight is 327 g/mol. The second-order valence-electron chi connectivity index (χ2n) is 5.35. The summed E-state index contributed by atoms with van der Waals surface area (Å²) in [6, 6.07) is 7.28. The number of hydrogen-bond donors (Lipinski definition) is 2. The van der Waals surface area contributed by atoms with Crippen molar-refractivity contribution in [1.82, 2.24) is 14.5 Å². The van der Waals surface area contributed by atoms with Gasteiger partial charge in [0.05, 0.1) is 16.8 Å². The third-order valence-electron chi connectivity index (χ3n) is 3.78. The third kappa shape index (κ3) is 2.86. The maximum absolute atomic E-state index is 12.1. The van der Waals surface area contributed by atoms with E-state index >= 15 is 0 Å². The second-order valence-corrected chi connectivity index (χ2v) is 5.35. The molecular weight excluding hydrogens is 310 g/mol. The fraction of sp³-hybridized carbons (Fsp3) is 0.235. The Morgan fingerprint density at radius 2 is 2.12 bits per heavy atom. The topological polar surface area (TPSA) is 97.2 Å². The Bertz CT molecular complexity index is 1010. The molecule has 2 heterocycles. The minimum atomic E-state index is -1.40. The Morgan fingerprint density at radius 1 is 1.33 bits per heavy atom. The number of aromatic nitrogens is 3. The van der Waals surface area contributed by atoms with Gasteiger partial charge < -0.3 is 9.84 Å². The van der Waals surface area contributed by atoms with Crippen molar-refractivity contribution in [2.24, 2.45) is 0 Å². The van der Waals surface area contributed by atoms with Crippen LogP contribution in [0.4, 0.5) is 0 Å². The molecule has 0 amide bonds. The molecule has 124 valence electrons. The number of benzene rings is 1. The van der Waals surface area contributed by atoms with Crippen LogP contribution >= 0.6 is 0 Å². The quantitative estimate of drug-likeness (QED) is 0.706. The Kier molecular flexibility index (Phi) is 4.28. The SMILES string of the molecule is CCOC(O)c1cn(-c2ccc3c(C)ccnc3c2)c(=O)[nH]c1=O. The van der Waals surface area contributed by atoms with Crippen molar-refractivity contribution in [3.8, 4) is 5.69 Å². The van der Waals surface area contributed by atoms with Gasteiger partial charge in [0.25, 0.3) is 5.56 Å². The first-order chi connectivity index (χ1) is 11.5. The predicted octanol–water partition coefficient (Wildman–Crippen LogP) is 1.41. The van der Waals surface area contributed by atoms with E-state index in [4.69, 9.17) is 4.74 Å². The molecule has 0 aliphatic rings. The fourth-order valence-corrected chi connectivity index (χ4v) is 2.53. The van der Waals surface area contributed by atoms with Crippen molar-refractivity contribution in [2.75, 3.05) is 6.61 Å². The molecule has 0 saturated heterocycles. The highest BCUT2D eigenvalue weighted by Gasteiger charge is 2.15. The van der Waals surface area contributed by atoms with Crippen LogP contribution in [0, 0.1) is 6.92 Å². The van der Waals surface area contributed by atoms with Crippen molar-refractivity contribution < 1.29 is 9.84 Å². The average Bonchev–Trinajstić information content (AvgIpc) is 2.55. The highest BCUT2D eigenvalue weighted by molar-refractivity contribution is 5.83. The van der Waals surface area contributed by atoms with Crippen molar-refractivity contribution in [3.63, 3.8) is 0 Å². The minimum Gasteiger partial charge on any atom is -0.364 e. The fourth-order valence-electron chi connectivity index (χ4n) is 2.53. The van der Waals surface area contributed by atoms with Crippen LogP contribution in [0.25, 0.3) is 16.6 Å². The highest BCUT2D eigenvalue weighted by Crippen LogP contribution is 2.19. The molecule has 2 aromatic heterocycles. The van der Waals surface area contributed by atoms with Gasteiger partial charge in [-0.3, -0.25) is 19.3 Å². The van der Waals surface area contributed by atoms with Gasteiger partial charge in [-0.15, -0.1) is 0 Å². The first-order valence-corrected chi connectivity index (χ1v) is 7.52. The summed E-state index contributed by atoms with van der Waals surface area (Å²) in [5.74, 6) is 0. The predicted molar refractivity (Wildman–Crippen MR) is 89.3 cm³/mol. The van der Waals surface area contributed by atoms with Crippen molar-refractivity contribution in [3.05, 3.63) is 68.6 Å². The number of aliphatic hydroxyl groups excluding tert-OH is 1. The molecule has 0 fully saturated rings. The summed E-state index contributed by atoms with van der Waals surface area (Å²) < 4.78 is 6.29. The molecule has 1 aromatic carbocycles. The molecule has 3 rings (SSSR count). The van der Waals surface area contributed by atoms with Gasteiger partial charge in [0.1, 0.15) is 0 Å². The summed E-state index contributed by atoms with van der Waals surface area (Å²) in [7, 11) is 0. The van der Waals surface area contributed by atoms with Gasteiger partial charge in [-0.25, -0.2) is 4.79 Å². The highest BCUT2D eigenvalue weighted by atomic mass is 16.6. The van der Waals surface area contributed by atoms with E-state index in [-0.39, 0.29) is 12.2 Å². The molecule has 2 N–H and O–H groups in total. The molecule has 1 atom stereocenters. The lowest BCUT2D eigenvalue weighted by Crippen LogP contribution is -2.32. The number of hydrogen-bond acceptors (Lipinski definition) is 5. The van der Waals surface area contributed by atoms with Gasteiger partial charge >= 0.3 is 5.69 Å². The molecule has 1 unspecified atom stereocenters. The van der Waals surface area contributed by atoms with Crippen LogP contribution in [0.3, 0.4) is 0 Å². The second kappa shape index (κ2) is 6.38. The van der Waals surface area contributed by atoms with Gasteiger partial charge in [-0.2, -0.15) is 0 Å². The Labute approximate surface area is 137 Å². The number of pyridine rings is 1. The van der Waals surface area contributed by atoms with Crippen LogP contribution in [0.5, 0.6) is 0 Å². The summed E-state index contributed by atoms with van der Waals surface area (Å²) >= 11 is 0. The monoisotopic (exact) mass is 327 g/mol.